The van der Waals surface area contributed by atoms with Crippen molar-refractivity contribution < 1.29 is 9.18 Å². The minimum absolute atomic E-state index is 0.359. The van der Waals surface area contributed by atoms with Crippen LogP contribution in [0.25, 0.3) is 0 Å². The molecule has 20 heavy (non-hydrogen) atoms. The highest BCUT2D eigenvalue weighted by atomic mass is 19.1. The van der Waals surface area contributed by atoms with E-state index in [-0.39, 0.29) is 5.82 Å². The summed E-state index contributed by atoms with van der Waals surface area (Å²) in [5, 5.41) is 0. The first kappa shape index (κ1) is 14.3. The quantitative estimate of drug-likeness (QED) is 0.717. The van der Waals surface area contributed by atoms with Crippen molar-refractivity contribution in [3.05, 3.63) is 59.9 Å². The fraction of sp³-hybridized carbons (Fsp3) is 0.235. The number of nitrogens with zero attached hydrogens (tertiary/aromatic N) is 1. The molecule has 2 rings (SSSR count). The van der Waals surface area contributed by atoms with Crippen molar-refractivity contribution in [1.29, 1.82) is 0 Å². The molecule has 2 aromatic rings. The number of rotatable bonds is 6. The first-order valence-electron chi connectivity index (χ1n) is 6.83. The zero-order valence-corrected chi connectivity index (χ0v) is 11.6. The predicted molar refractivity (Wildman–Crippen MR) is 80.1 cm³/mol. The molecule has 0 heterocycles. The minimum atomic E-state index is -0.387. The second-order valence-electron chi connectivity index (χ2n) is 4.70. The lowest BCUT2D eigenvalue weighted by molar-refractivity contribution is 0.112. The Kier molecular flexibility index (Phi) is 4.88. The molecule has 3 heteroatoms. The molecule has 0 aliphatic heterocycles. The summed E-state index contributed by atoms with van der Waals surface area (Å²) >= 11 is 0. The average molecular weight is 271 g/mol. The molecule has 0 aliphatic rings. The molecule has 0 fully saturated rings. The third kappa shape index (κ3) is 3.44. The van der Waals surface area contributed by atoms with Crippen LogP contribution in [0.5, 0.6) is 0 Å². The molecule has 0 aromatic heterocycles. The van der Waals surface area contributed by atoms with E-state index in [2.05, 4.69) is 6.92 Å². The Morgan fingerprint density at radius 1 is 1.10 bits per heavy atom. The highest BCUT2D eigenvalue weighted by molar-refractivity contribution is 5.78. The van der Waals surface area contributed by atoms with Gasteiger partial charge in [0.1, 0.15) is 12.1 Å². The third-order valence-corrected chi connectivity index (χ3v) is 3.16. The van der Waals surface area contributed by atoms with E-state index < -0.39 is 0 Å². The summed E-state index contributed by atoms with van der Waals surface area (Å²) in [5.74, 6) is -0.387. The monoisotopic (exact) mass is 271 g/mol. The lowest BCUT2D eigenvalue weighted by Crippen LogP contribution is -2.18. The topological polar surface area (TPSA) is 20.3 Å². The number of carbonyl (C=O) groups excluding carboxylic acids is 1. The Bertz CT molecular complexity index is 568. The first-order chi connectivity index (χ1) is 9.74. The lowest BCUT2D eigenvalue weighted by atomic mass is 10.1. The standard InChI is InChI=1S/C17H18FNO/c1-2-3-9-19(16-7-5-4-6-8-16)17-11-14(13-20)10-15(18)12-17/h4-8,10-13H,2-3,9H2,1H3. The average Bonchev–Trinajstić information content (AvgIpc) is 2.48. The summed E-state index contributed by atoms with van der Waals surface area (Å²) in [6, 6.07) is 14.3. The van der Waals surface area contributed by atoms with E-state index in [9.17, 15) is 9.18 Å². The van der Waals surface area contributed by atoms with Gasteiger partial charge in [0.15, 0.2) is 0 Å². The minimum Gasteiger partial charge on any atom is -0.341 e. The summed E-state index contributed by atoms with van der Waals surface area (Å²) in [7, 11) is 0. The number of carbonyl (C=O) groups is 1. The number of aldehydes is 1. The van der Waals surface area contributed by atoms with Crippen molar-refractivity contribution in [1.82, 2.24) is 0 Å². The van der Waals surface area contributed by atoms with Crippen molar-refractivity contribution in [2.24, 2.45) is 0 Å². The SMILES string of the molecule is CCCCN(c1ccccc1)c1cc(F)cc(C=O)c1. The van der Waals surface area contributed by atoms with Crippen molar-refractivity contribution >= 4 is 17.7 Å². The molecule has 0 amide bonds. The summed E-state index contributed by atoms with van der Waals surface area (Å²) in [4.78, 5) is 12.9. The van der Waals surface area contributed by atoms with Crippen LogP contribution in [0, 0.1) is 5.82 Å². The molecule has 2 aromatic carbocycles. The number of anilines is 2. The van der Waals surface area contributed by atoms with Crippen LogP contribution in [-0.4, -0.2) is 12.8 Å². The van der Waals surface area contributed by atoms with Crippen molar-refractivity contribution in [2.75, 3.05) is 11.4 Å². The number of hydrogen-bond donors (Lipinski definition) is 0. The molecule has 0 aliphatic carbocycles. The van der Waals surface area contributed by atoms with Gasteiger partial charge in [-0.25, -0.2) is 4.39 Å². The van der Waals surface area contributed by atoms with Crippen LogP contribution in [0.3, 0.4) is 0 Å². The third-order valence-electron chi connectivity index (χ3n) is 3.16. The van der Waals surface area contributed by atoms with Gasteiger partial charge in [-0.3, -0.25) is 4.79 Å². The maximum absolute atomic E-state index is 13.6. The zero-order valence-electron chi connectivity index (χ0n) is 11.6. The molecule has 2 nitrogen and oxygen atoms in total. The van der Waals surface area contributed by atoms with Gasteiger partial charge in [-0.15, -0.1) is 0 Å². The van der Waals surface area contributed by atoms with Gasteiger partial charge >= 0.3 is 0 Å². The van der Waals surface area contributed by atoms with Gasteiger partial charge in [0, 0.05) is 23.5 Å². The van der Waals surface area contributed by atoms with Gasteiger partial charge < -0.3 is 4.90 Å². The Morgan fingerprint density at radius 2 is 1.85 bits per heavy atom. The van der Waals surface area contributed by atoms with Crippen LogP contribution in [-0.2, 0) is 0 Å². The van der Waals surface area contributed by atoms with Gasteiger partial charge in [0.05, 0.1) is 0 Å². The van der Waals surface area contributed by atoms with Crippen molar-refractivity contribution in [3.8, 4) is 0 Å². The Hall–Kier alpha value is -2.16. The van der Waals surface area contributed by atoms with Crippen LogP contribution >= 0.6 is 0 Å². The molecular weight excluding hydrogens is 253 g/mol. The molecular formula is C17H18FNO. The van der Waals surface area contributed by atoms with Gasteiger partial charge in [0.25, 0.3) is 0 Å². The Labute approximate surface area is 118 Å². The molecule has 0 unspecified atom stereocenters. The number of hydrogen-bond acceptors (Lipinski definition) is 2. The van der Waals surface area contributed by atoms with E-state index in [1.54, 1.807) is 6.07 Å². The van der Waals surface area contributed by atoms with Crippen molar-refractivity contribution in [2.45, 2.75) is 19.8 Å². The van der Waals surface area contributed by atoms with Gasteiger partial charge in [0.2, 0.25) is 0 Å². The van der Waals surface area contributed by atoms with Crippen LogP contribution in [0.2, 0.25) is 0 Å². The van der Waals surface area contributed by atoms with E-state index in [1.165, 1.54) is 12.1 Å². The lowest BCUT2D eigenvalue weighted by Gasteiger charge is -2.25. The highest BCUT2D eigenvalue weighted by Gasteiger charge is 2.10. The molecule has 0 N–H and O–H groups in total. The number of halogens is 1. The van der Waals surface area contributed by atoms with Gasteiger partial charge in [-0.05, 0) is 36.8 Å². The summed E-state index contributed by atoms with van der Waals surface area (Å²) in [6.07, 6.45) is 2.73. The largest absolute Gasteiger partial charge is 0.341 e. The number of benzene rings is 2. The maximum atomic E-state index is 13.6. The second kappa shape index (κ2) is 6.85. The molecule has 0 spiro atoms. The van der Waals surface area contributed by atoms with Crippen LogP contribution in [0.1, 0.15) is 30.1 Å². The molecule has 104 valence electrons. The van der Waals surface area contributed by atoms with E-state index in [0.29, 0.717) is 17.5 Å². The summed E-state index contributed by atoms with van der Waals surface area (Å²) in [6.45, 7) is 2.91. The predicted octanol–water partition coefficient (Wildman–Crippen LogP) is 4.58. The number of unbranched alkanes of at least 4 members (excludes halogenated alkanes) is 1. The maximum Gasteiger partial charge on any atom is 0.150 e. The zero-order chi connectivity index (χ0) is 14.4. The normalized spacial score (nSPS) is 10.3. The second-order valence-corrected chi connectivity index (χ2v) is 4.70. The van der Waals surface area contributed by atoms with E-state index in [1.807, 2.05) is 35.2 Å². The summed E-state index contributed by atoms with van der Waals surface area (Å²) < 4.78 is 13.6. The summed E-state index contributed by atoms with van der Waals surface area (Å²) in [5.41, 5.74) is 2.08. The van der Waals surface area contributed by atoms with E-state index in [0.717, 1.165) is 25.1 Å². The molecule has 0 atom stereocenters. The van der Waals surface area contributed by atoms with Crippen LogP contribution in [0.15, 0.2) is 48.5 Å². The van der Waals surface area contributed by atoms with E-state index in [4.69, 9.17) is 0 Å². The highest BCUT2D eigenvalue weighted by Crippen LogP contribution is 2.27. The van der Waals surface area contributed by atoms with Crippen LogP contribution in [0.4, 0.5) is 15.8 Å². The van der Waals surface area contributed by atoms with Gasteiger partial charge in [-0.1, -0.05) is 31.5 Å². The van der Waals surface area contributed by atoms with Crippen LogP contribution < -0.4 is 4.90 Å². The Balaban J connectivity index is 2.40. The fourth-order valence-corrected chi connectivity index (χ4v) is 2.15. The number of para-hydroxylation sites is 1. The Morgan fingerprint density at radius 3 is 2.50 bits per heavy atom. The van der Waals surface area contributed by atoms with Gasteiger partial charge in [-0.2, -0.15) is 0 Å². The van der Waals surface area contributed by atoms with E-state index >= 15 is 0 Å². The first-order valence-corrected chi connectivity index (χ1v) is 6.83. The molecule has 0 radical (unpaired) electrons. The smallest absolute Gasteiger partial charge is 0.150 e. The molecule has 0 bridgehead atoms. The fourth-order valence-electron chi connectivity index (χ4n) is 2.15. The van der Waals surface area contributed by atoms with Crippen molar-refractivity contribution in [3.63, 3.8) is 0 Å². The molecule has 0 saturated heterocycles. The molecule has 0 saturated carbocycles.